The molecular formula is C15H20FN5O4. The van der Waals surface area contributed by atoms with Crippen LogP contribution in [0.5, 0.6) is 0 Å². The van der Waals surface area contributed by atoms with Crippen LogP contribution in [0.1, 0.15) is 36.4 Å². The first-order valence-electron chi connectivity index (χ1n) is 8.08. The zero-order valence-corrected chi connectivity index (χ0v) is 13.8. The average Bonchev–Trinajstić information content (AvgIpc) is 3.22. The van der Waals surface area contributed by atoms with Gasteiger partial charge < -0.3 is 9.84 Å². The number of halogens is 1. The van der Waals surface area contributed by atoms with Gasteiger partial charge in [-0.25, -0.2) is 9.48 Å². The molecule has 25 heavy (non-hydrogen) atoms. The van der Waals surface area contributed by atoms with Gasteiger partial charge >= 0.3 is 5.69 Å². The molecule has 0 aromatic carbocycles. The van der Waals surface area contributed by atoms with E-state index in [-0.39, 0.29) is 12.6 Å². The topological polar surface area (TPSA) is 115 Å². The fraction of sp³-hybridized carbons (Fsp3) is 0.600. The van der Waals surface area contributed by atoms with Crippen molar-refractivity contribution in [2.75, 3.05) is 13.3 Å². The SMILES string of the molecule is Cc1cn([C@H]2C[C@H](n3cc(CCCF)nn3)[C@@H](CO)O2)c(=O)[nH]c1=O. The summed E-state index contributed by atoms with van der Waals surface area (Å²) in [4.78, 5) is 25.8. The average molecular weight is 353 g/mol. The van der Waals surface area contributed by atoms with Crippen LogP contribution < -0.4 is 11.2 Å². The summed E-state index contributed by atoms with van der Waals surface area (Å²) in [5.41, 5.74) is 0.0414. The van der Waals surface area contributed by atoms with E-state index in [1.165, 1.54) is 10.8 Å². The van der Waals surface area contributed by atoms with Crippen LogP contribution in [-0.4, -0.2) is 49.0 Å². The Kier molecular flexibility index (Phi) is 5.09. The molecule has 10 heteroatoms. The van der Waals surface area contributed by atoms with Gasteiger partial charge in [0.2, 0.25) is 0 Å². The van der Waals surface area contributed by atoms with E-state index < -0.39 is 30.3 Å². The number of aryl methyl sites for hydroxylation is 2. The summed E-state index contributed by atoms with van der Waals surface area (Å²) >= 11 is 0. The Labute approximate surface area is 142 Å². The third kappa shape index (κ3) is 3.54. The van der Waals surface area contributed by atoms with Crippen LogP contribution in [0.15, 0.2) is 22.0 Å². The van der Waals surface area contributed by atoms with Gasteiger partial charge in [-0.2, -0.15) is 0 Å². The first kappa shape index (κ1) is 17.5. The predicted octanol–water partition coefficient (Wildman–Crippen LogP) is -0.140. The minimum Gasteiger partial charge on any atom is -0.394 e. The second-order valence-electron chi connectivity index (χ2n) is 6.08. The van der Waals surface area contributed by atoms with Crippen LogP contribution in [0.2, 0.25) is 0 Å². The lowest BCUT2D eigenvalue weighted by atomic mass is 10.1. The number of hydrogen-bond acceptors (Lipinski definition) is 6. The van der Waals surface area contributed by atoms with E-state index in [4.69, 9.17) is 4.74 Å². The Morgan fingerprint density at radius 1 is 1.44 bits per heavy atom. The minimum atomic E-state index is -0.635. The smallest absolute Gasteiger partial charge is 0.330 e. The fourth-order valence-corrected chi connectivity index (χ4v) is 2.97. The summed E-state index contributed by atoms with van der Waals surface area (Å²) in [5.74, 6) is 0. The summed E-state index contributed by atoms with van der Waals surface area (Å²) in [6, 6.07) is -0.319. The Hall–Kier alpha value is -2.33. The molecule has 0 radical (unpaired) electrons. The molecule has 1 aliphatic heterocycles. The van der Waals surface area contributed by atoms with E-state index in [0.29, 0.717) is 30.5 Å². The molecule has 1 fully saturated rings. The van der Waals surface area contributed by atoms with E-state index in [1.807, 2.05) is 0 Å². The summed E-state index contributed by atoms with van der Waals surface area (Å²) in [7, 11) is 0. The fourth-order valence-electron chi connectivity index (χ4n) is 2.97. The number of H-pyrrole nitrogens is 1. The summed E-state index contributed by atoms with van der Waals surface area (Å²) in [6.07, 6.45) is 3.17. The van der Waals surface area contributed by atoms with E-state index in [0.717, 1.165) is 0 Å². The van der Waals surface area contributed by atoms with Crippen molar-refractivity contribution in [1.82, 2.24) is 24.5 Å². The molecular weight excluding hydrogens is 333 g/mol. The second kappa shape index (κ2) is 7.28. The molecule has 2 aromatic heterocycles. The lowest BCUT2D eigenvalue weighted by Gasteiger charge is -2.15. The quantitative estimate of drug-likeness (QED) is 0.747. The van der Waals surface area contributed by atoms with Gasteiger partial charge in [0.15, 0.2) is 0 Å². The zero-order valence-electron chi connectivity index (χ0n) is 13.8. The molecule has 1 aliphatic rings. The van der Waals surface area contributed by atoms with Crippen molar-refractivity contribution in [3.05, 3.63) is 44.5 Å². The van der Waals surface area contributed by atoms with Crippen molar-refractivity contribution >= 4 is 0 Å². The normalized spacial score (nSPS) is 23.2. The number of aromatic nitrogens is 5. The Bertz CT molecular complexity index is 845. The number of nitrogens with zero attached hydrogens (tertiary/aromatic N) is 4. The Morgan fingerprint density at radius 2 is 2.24 bits per heavy atom. The van der Waals surface area contributed by atoms with E-state index in [2.05, 4.69) is 15.3 Å². The van der Waals surface area contributed by atoms with E-state index in [9.17, 15) is 19.1 Å². The lowest BCUT2D eigenvalue weighted by Crippen LogP contribution is -2.33. The molecule has 0 unspecified atom stereocenters. The number of rotatable bonds is 6. The number of aliphatic hydroxyl groups is 1. The van der Waals surface area contributed by atoms with Gasteiger partial charge in [0.25, 0.3) is 5.56 Å². The number of hydrogen-bond donors (Lipinski definition) is 2. The van der Waals surface area contributed by atoms with Crippen molar-refractivity contribution in [1.29, 1.82) is 0 Å². The molecule has 0 aliphatic carbocycles. The molecule has 3 rings (SSSR count). The summed E-state index contributed by atoms with van der Waals surface area (Å²) in [6.45, 7) is 0.923. The van der Waals surface area contributed by atoms with E-state index in [1.54, 1.807) is 17.8 Å². The summed E-state index contributed by atoms with van der Waals surface area (Å²) < 4.78 is 20.9. The van der Waals surface area contributed by atoms with Gasteiger partial charge in [0, 0.05) is 24.4 Å². The highest BCUT2D eigenvalue weighted by Crippen LogP contribution is 2.35. The maximum Gasteiger partial charge on any atom is 0.330 e. The zero-order chi connectivity index (χ0) is 18.0. The molecule has 1 saturated heterocycles. The largest absolute Gasteiger partial charge is 0.394 e. The van der Waals surface area contributed by atoms with Crippen LogP contribution in [-0.2, 0) is 11.2 Å². The van der Waals surface area contributed by atoms with Crippen molar-refractivity contribution in [3.8, 4) is 0 Å². The van der Waals surface area contributed by atoms with Crippen molar-refractivity contribution in [2.45, 2.75) is 44.6 Å². The number of aromatic amines is 1. The molecule has 3 heterocycles. The lowest BCUT2D eigenvalue weighted by molar-refractivity contribution is -0.0323. The molecule has 0 amide bonds. The van der Waals surface area contributed by atoms with Crippen molar-refractivity contribution in [3.63, 3.8) is 0 Å². The summed E-state index contributed by atoms with van der Waals surface area (Å²) in [5, 5.41) is 17.6. The van der Waals surface area contributed by atoms with Gasteiger partial charge in [-0.05, 0) is 19.8 Å². The standard InChI is InChI=1S/C15H20FN5O4/c1-9-6-20(15(24)17-14(9)23)13-5-11(12(8-22)25-13)21-7-10(18-19-21)3-2-4-16/h6-7,11-13,22H,2-5,8H2,1H3,(H,17,23,24)/t11-,12+,13+/m0/s1. The van der Waals surface area contributed by atoms with E-state index >= 15 is 0 Å². The van der Waals surface area contributed by atoms with Crippen molar-refractivity contribution in [2.24, 2.45) is 0 Å². The van der Waals surface area contributed by atoms with Crippen LogP contribution in [0, 0.1) is 6.92 Å². The number of aliphatic hydroxyl groups excluding tert-OH is 1. The number of ether oxygens (including phenoxy) is 1. The molecule has 2 aromatic rings. The van der Waals surface area contributed by atoms with Gasteiger partial charge in [-0.3, -0.25) is 18.7 Å². The molecule has 3 atom stereocenters. The van der Waals surface area contributed by atoms with Crippen molar-refractivity contribution < 1.29 is 14.2 Å². The molecule has 9 nitrogen and oxygen atoms in total. The first-order chi connectivity index (χ1) is 12.0. The van der Waals surface area contributed by atoms with Gasteiger partial charge in [-0.1, -0.05) is 5.21 Å². The second-order valence-corrected chi connectivity index (χ2v) is 6.08. The van der Waals surface area contributed by atoms with Gasteiger partial charge in [0.05, 0.1) is 25.0 Å². The number of nitrogens with one attached hydrogen (secondary N) is 1. The monoisotopic (exact) mass is 353 g/mol. The molecule has 0 bridgehead atoms. The highest BCUT2D eigenvalue weighted by molar-refractivity contribution is 5.02. The predicted molar refractivity (Wildman–Crippen MR) is 85.0 cm³/mol. The molecule has 0 spiro atoms. The van der Waals surface area contributed by atoms with Crippen LogP contribution in [0.4, 0.5) is 4.39 Å². The Balaban J connectivity index is 1.83. The third-order valence-corrected chi connectivity index (χ3v) is 4.30. The highest BCUT2D eigenvalue weighted by atomic mass is 19.1. The maximum atomic E-state index is 12.3. The third-order valence-electron chi connectivity index (χ3n) is 4.30. The first-order valence-corrected chi connectivity index (χ1v) is 8.08. The number of alkyl halides is 1. The van der Waals surface area contributed by atoms with Crippen LogP contribution >= 0.6 is 0 Å². The molecule has 2 N–H and O–H groups in total. The Morgan fingerprint density at radius 3 is 2.96 bits per heavy atom. The van der Waals surface area contributed by atoms with Crippen LogP contribution in [0.25, 0.3) is 0 Å². The van der Waals surface area contributed by atoms with Gasteiger partial charge in [0.1, 0.15) is 12.3 Å². The van der Waals surface area contributed by atoms with Gasteiger partial charge in [-0.15, -0.1) is 5.10 Å². The highest BCUT2D eigenvalue weighted by Gasteiger charge is 2.38. The molecule has 0 saturated carbocycles. The van der Waals surface area contributed by atoms with Crippen LogP contribution in [0.3, 0.4) is 0 Å². The maximum absolute atomic E-state index is 12.3. The minimum absolute atomic E-state index is 0.252. The molecule has 136 valence electrons.